The Morgan fingerprint density at radius 3 is 2.54 bits per heavy atom. The van der Waals surface area contributed by atoms with E-state index in [1.54, 1.807) is 29.8 Å². The molecule has 1 saturated heterocycles. The van der Waals surface area contributed by atoms with Gasteiger partial charge >= 0.3 is 0 Å². The Morgan fingerprint density at radius 1 is 1.06 bits per heavy atom. The highest BCUT2D eigenvalue weighted by atomic mass is 32.2. The standard InChI is InChI=1S/C24H29FN6O3S/c1-30-14-24(28-16-30)35(32,33)31-12-20(17-7-9-18(25)10-8-17)21(13-31)29-22-11-23(27-15-26-22)34-19-5-3-2-4-6-19/h7-11,14-16,19-21H,2-6,12-13H2,1H3,(H,26,27,29)/t20-,21+/m1/s1. The molecule has 0 bridgehead atoms. The van der Waals surface area contributed by atoms with Crippen LogP contribution in [0.5, 0.6) is 5.88 Å². The van der Waals surface area contributed by atoms with Crippen LogP contribution in [0.2, 0.25) is 0 Å². The van der Waals surface area contributed by atoms with Crippen molar-refractivity contribution in [3.63, 3.8) is 0 Å². The highest BCUT2D eigenvalue weighted by Gasteiger charge is 2.41. The lowest BCUT2D eigenvalue weighted by Gasteiger charge is -2.23. The number of anilines is 1. The van der Waals surface area contributed by atoms with Gasteiger partial charge in [0.25, 0.3) is 10.0 Å². The van der Waals surface area contributed by atoms with Gasteiger partial charge in [-0.05, 0) is 43.4 Å². The Balaban J connectivity index is 1.38. The van der Waals surface area contributed by atoms with Gasteiger partial charge in [-0.1, -0.05) is 18.6 Å². The third-order valence-corrected chi connectivity index (χ3v) is 8.40. The first-order valence-corrected chi connectivity index (χ1v) is 13.3. The minimum Gasteiger partial charge on any atom is -0.474 e. The van der Waals surface area contributed by atoms with Crippen LogP contribution in [-0.2, 0) is 17.1 Å². The van der Waals surface area contributed by atoms with E-state index in [1.807, 2.05) is 0 Å². The Bertz CT molecular complexity index is 1260. The molecule has 1 saturated carbocycles. The smallest absolute Gasteiger partial charge is 0.262 e. The molecule has 0 spiro atoms. The van der Waals surface area contributed by atoms with Crippen LogP contribution in [0.1, 0.15) is 43.6 Å². The van der Waals surface area contributed by atoms with Crippen LogP contribution >= 0.6 is 0 Å². The third-order valence-electron chi connectivity index (χ3n) is 6.68. The van der Waals surface area contributed by atoms with Gasteiger partial charge < -0.3 is 14.6 Å². The highest BCUT2D eigenvalue weighted by molar-refractivity contribution is 7.89. The number of nitrogens with one attached hydrogen (secondary N) is 1. The Labute approximate surface area is 204 Å². The van der Waals surface area contributed by atoms with Crippen molar-refractivity contribution >= 4 is 15.8 Å². The van der Waals surface area contributed by atoms with Crippen molar-refractivity contribution in [2.45, 2.75) is 55.2 Å². The SMILES string of the molecule is Cn1cnc(S(=O)(=O)N2C[C@H](Nc3cc(OC4CCCCC4)ncn3)[C@@H](c3ccc(F)cc3)C2)c1. The summed E-state index contributed by atoms with van der Waals surface area (Å²) in [6, 6.07) is 7.64. The van der Waals surface area contributed by atoms with Crippen LogP contribution in [0.25, 0.3) is 0 Å². The molecule has 3 heterocycles. The number of ether oxygens (including phenoxy) is 1. The van der Waals surface area contributed by atoms with E-state index >= 15 is 0 Å². The zero-order valence-electron chi connectivity index (χ0n) is 19.5. The summed E-state index contributed by atoms with van der Waals surface area (Å²) in [6.45, 7) is 0.447. The largest absolute Gasteiger partial charge is 0.474 e. The monoisotopic (exact) mass is 500 g/mol. The van der Waals surface area contributed by atoms with Crippen molar-refractivity contribution in [2.75, 3.05) is 18.4 Å². The molecule has 35 heavy (non-hydrogen) atoms. The molecule has 1 N–H and O–H groups in total. The zero-order valence-corrected chi connectivity index (χ0v) is 20.4. The molecule has 1 aromatic carbocycles. The van der Waals surface area contributed by atoms with Crippen LogP contribution in [0.15, 0.2) is 54.2 Å². The lowest BCUT2D eigenvalue weighted by molar-refractivity contribution is 0.148. The van der Waals surface area contributed by atoms with Crippen molar-refractivity contribution in [3.05, 3.63) is 60.6 Å². The summed E-state index contributed by atoms with van der Waals surface area (Å²) in [5.41, 5.74) is 0.843. The zero-order chi connectivity index (χ0) is 24.4. The highest BCUT2D eigenvalue weighted by Crippen LogP contribution is 2.33. The number of sulfonamides is 1. The number of benzene rings is 1. The molecule has 0 amide bonds. The number of hydrogen-bond donors (Lipinski definition) is 1. The fraction of sp³-hybridized carbons (Fsp3) is 0.458. The van der Waals surface area contributed by atoms with E-state index in [9.17, 15) is 12.8 Å². The van der Waals surface area contributed by atoms with Crippen molar-refractivity contribution in [2.24, 2.45) is 7.05 Å². The molecule has 2 aliphatic rings. The second-order valence-corrected chi connectivity index (χ2v) is 11.1. The first-order valence-electron chi connectivity index (χ1n) is 11.9. The molecule has 2 aromatic heterocycles. The lowest BCUT2D eigenvalue weighted by Crippen LogP contribution is -2.32. The molecule has 186 valence electrons. The molecule has 5 rings (SSSR count). The number of imidazole rings is 1. The average molecular weight is 501 g/mol. The topological polar surface area (TPSA) is 102 Å². The number of hydrogen-bond acceptors (Lipinski definition) is 7. The molecule has 9 nitrogen and oxygen atoms in total. The van der Waals surface area contributed by atoms with Gasteiger partial charge in [0.15, 0.2) is 5.03 Å². The van der Waals surface area contributed by atoms with E-state index in [4.69, 9.17) is 4.74 Å². The Kier molecular flexibility index (Phi) is 6.70. The van der Waals surface area contributed by atoms with Crippen molar-refractivity contribution in [1.29, 1.82) is 0 Å². The van der Waals surface area contributed by atoms with Gasteiger partial charge in [0.05, 0.1) is 6.33 Å². The molecular formula is C24H29FN6O3S. The molecule has 2 fully saturated rings. The summed E-state index contributed by atoms with van der Waals surface area (Å²) in [5.74, 6) is 0.505. The minimum absolute atomic E-state index is 0.00344. The minimum atomic E-state index is -3.79. The molecule has 1 aliphatic heterocycles. The van der Waals surface area contributed by atoms with Crippen LogP contribution in [-0.4, -0.2) is 57.5 Å². The van der Waals surface area contributed by atoms with E-state index in [0.29, 0.717) is 11.7 Å². The average Bonchev–Trinajstić information content (AvgIpc) is 3.48. The van der Waals surface area contributed by atoms with E-state index < -0.39 is 10.0 Å². The molecule has 1 aliphatic carbocycles. The van der Waals surface area contributed by atoms with E-state index in [-0.39, 0.29) is 42.0 Å². The summed E-state index contributed by atoms with van der Waals surface area (Å²) >= 11 is 0. The van der Waals surface area contributed by atoms with Crippen molar-refractivity contribution in [3.8, 4) is 5.88 Å². The van der Waals surface area contributed by atoms with Gasteiger partial charge in [-0.15, -0.1) is 0 Å². The van der Waals surface area contributed by atoms with Gasteiger partial charge in [-0.25, -0.2) is 27.8 Å². The summed E-state index contributed by atoms with van der Waals surface area (Å²) in [5, 5.41) is 3.39. The maximum Gasteiger partial charge on any atom is 0.262 e. The van der Waals surface area contributed by atoms with Crippen LogP contribution in [0.3, 0.4) is 0 Å². The number of aromatic nitrogens is 4. The number of halogens is 1. The predicted molar refractivity (Wildman–Crippen MR) is 128 cm³/mol. The van der Waals surface area contributed by atoms with Crippen molar-refractivity contribution < 1.29 is 17.5 Å². The summed E-state index contributed by atoms with van der Waals surface area (Å²) in [4.78, 5) is 12.6. The number of nitrogens with zero attached hydrogens (tertiary/aromatic N) is 5. The van der Waals surface area contributed by atoms with Gasteiger partial charge in [-0.3, -0.25) is 0 Å². The molecule has 3 aromatic rings. The summed E-state index contributed by atoms with van der Waals surface area (Å²) in [7, 11) is -2.06. The third kappa shape index (κ3) is 5.30. The van der Waals surface area contributed by atoms with Crippen molar-refractivity contribution in [1.82, 2.24) is 23.8 Å². The molecule has 0 unspecified atom stereocenters. The lowest BCUT2D eigenvalue weighted by atomic mass is 9.94. The van der Waals surface area contributed by atoms with Gasteiger partial charge in [-0.2, -0.15) is 4.31 Å². The maximum atomic E-state index is 13.6. The predicted octanol–water partition coefficient (Wildman–Crippen LogP) is 3.33. The molecule has 2 atom stereocenters. The molecule has 11 heteroatoms. The van der Waals surface area contributed by atoms with Crippen LogP contribution < -0.4 is 10.1 Å². The fourth-order valence-electron chi connectivity index (χ4n) is 4.84. The molecular weight excluding hydrogens is 471 g/mol. The van der Waals surface area contributed by atoms with Gasteiger partial charge in [0.1, 0.15) is 24.1 Å². The number of rotatable bonds is 7. The normalized spacial score (nSPS) is 21.8. The van der Waals surface area contributed by atoms with E-state index in [1.165, 1.54) is 41.7 Å². The summed E-state index contributed by atoms with van der Waals surface area (Å²) in [6.07, 6.45) is 10.1. The molecule has 0 radical (unpaired) electrons. The van der Waals surface area contributed by atoms with Crippen LogP contribution in [0, 0.1) is 5.82 Å². The van der Waals surface area contributed by atoms with Gasteiger partial charge in [0, 0.05) is 44.4 Å². The van der Waals surface area contributed by atoms with Crippen LogP contribution in [0.4, 0.5) is 10.2 Å². The fourth-order valence-corrected chi connectivity index (χ4v) is 6.30. The first kappa shape index (κ1) is 23.7. The second kappa shape index (κ2) is 9.90. The Hall–Kier alpha value is -3.05. The Morgan fingerprint density at radius 2 is 1.83 bits per heavy atom. The van der Waals surface area contributed by atoms with E-state index in [0.717, 1.165) is 31.2 Å². The quantitative estimate of drug-likeness (QED) is 0.531. The summed E-state index contributed by atoms with van der Waals surface area (Å²) < 4.78 is 49.2. The first-order chi connectivity index (χ1) is 16.9. The maximum absolute atomic E-state index is 13.6. The van der Waals surface area contributed by atoms with E-state index in [2.05, 4.69) is 20.3 Å². The second-order valence-electron chi connectivity index (χ2n) is 9.23. The number of aryl methyl sites for hydroxylation is 1. The van der Waals surface area contributed by atoms with Gasteiger partial charge in [0.2, 0.25) is 5.88 Å².